The number of hydrogen-bond donors (Lipinski definition) is 0. The molecule has 1 fully saturated rings. The zero-order valence-electron chi connectivity index (χ0n) is 5.64. The molecule has 2 nitrogen and oxygen atoms in total. The number of alkyl halides is 1. The van der Waals surface area contributed by atoms with Crippen LogP contribution in [0.15, 0.2) is 0 Å². The molecule has 0 amide bonds. The zero-order chi connectivity index (χ0) is 6.69. The fourth-order valence-corrected chi connectivity index (χ4v) is 0.900. The second-order valence-corrected chi connectivity index (χ2v) is 2.36. The molecule has 0 N–H and O–H groups in total. The van der Waals surface area contributed by atoms with E-state index in [1.165, 1.54) is 0 Å². The van der Waals surface area contributed by atoms with Gasteiger partial charge in [-0.15, -0.1) is 0 Å². The molecular weight excluding hydrogens is 121 g/mol. The second-order valence-electron chi connectivity index (χ2n) is 2.36. The molecule has 1 aliphatic heterocycles. The number of ether oxygens (including phenoxy) is 1. The van der Waals surface area contributed by atoms with Crippen molar-refractivity contribution < 1.29 is 9.13 Å². The maximum absolute atomic E-state index is 12.0. The van der Waals surface area contributed by atoms with Gasteiger partial charge < -0.3 is 4.74 Å². The van der Waals surface area contributed by atoms with Gasteiger partial charge in [0.15, 0.2) is 0 Å². The fourth-order valence-electron chi connectivity index (χ4n) is 0.900. The third kappa shape index (κ3) is 1.63. The number of hydrogen-bond acceptors (Lipinski definition) is 2. The maximum atomic E-state index is 12.0. The maximum Gasteiger partial charge on any atom is 0.107 e. The Labute approximate surface area is 54.6 Å². The number of rotatable bonds is 1. The zero-order valence-corrected chi connectivity index (χ0v) is 5.64. The molecule has 0 aliphatic carbocycles. The van der Waals surface area contributed by atoms with Crippen LogP contribution in [0.3, 0.4) is 0 Å². The monoisotopic (exact) mass is 133 g/mol. The number of nitrogens with zero attached hydrogens (tertiary/aromatic N) is 1. The Hall–Kier alpha value is -0.150. The first-order valence-electron chi connectivity index (χ1n) is 3.18. The van der Waals surface area contributed by atoms with E-state index in [9.17, 15) is 4.39 Å². The second kappa shape index (κ2) is 3.13. The molecule has 1 atom stereocenters. The summed E-state index contributed by atoms with van der Waals surface area (Å²) in [6.07, 6.45) is 0. The number of halogens is 1. The first-order valence-corrected chi connectivity index (χ1v) is 3.18. The van der Waals surface area contributed by atoms with Crippen molar-refractivity contribution in [1.29, 1.82) is 0 Å². The van der Waals surface area contributed by atoms with Gasteiger partial charge in [0.25, 0.3) is 0 Å². The first-order chi connectivity index (χ1) is 4.34. The summed E-state index contributed by atoms with van der Waals surface area (Å²) in [4.78, 5) is 1.99. The molecule has 54 valence electrons. The van der Waals surface area contributed by atoms with E-state index in [0.29, 0.717) is 6.61 Å². The van der Waals surface area contributed by atoms with Crippen LogP contribution >= 0.6 is 0 Å². The van der Waals surface area contributed by atoms with Crippen LogP contribution in [0.1, 0.15) is 0 Å². The average Bonchev–Trinajstić information content (AvgIpc) is 1.89. The van der Waals surface area contributed by atoms with Gasteiger partial charge in [-0.1, -0.05) is 0 Å². The van der Waals surface area contributed by atoms with Gasteiger partial charge in [-0.25, -0.2) is 4.39 Å². The molecule has 3 heteroatoms. The molecule has 0 aromatic carbocycles. The lowest BCUT2D eigenvalue weighted by molar-refractivity contribution is -0.00257. The van der Waals surface area contributed by atoms with Crippen LogP contribution in [0.5, 0.6) is 0 Å². The standard InChI is InChI=1S/C6H12FNO/c1-8-2-3-9-5-6(8)4-7/h6H,2-5H2,1H3/t6-/m1/s1. The normalized spacial score (nSPS) is 30.7. The third-order valence-electron chi connectivity index (χ3n) is 1.70. The molecule has 0 unspecified atom stereocenters. The van der Waals surface area contributed by atoms with Gasteiger partial charge in [0.1, 0.15) is 6.67 Å². The van der Waals surface area contributed by atoms with E-state index in [1.54, 1.807) is 0 Å². The quantitative estimate of drug-likeness (QED) is 0.509. The van der Waals surface area contributed by atoms with E-state index in [-0.39, 0.29) is 12.7 Å². The Morgan fingerprint density at radius 3 is 3.00 bits per heavy atom. The summed E-state index contributed by atoms with van der Waals surface area (Å²) in [6, 6.07) is -0.00116. The van der Waals surface area contributed by atoms with Crippen molar-refractivity contribution in [2.24, 2.45) is 0 Å². The van der Waals surface area contributed by atoms with Crippen molar-refractivity contribution in [2.45, 2.75) is 6.04 Å². The third-order valence-corrected chi connectivity index (χ3v) is 1.70. The van der Waals surface area contributed by atoms with Gasteiger partial charge in [-0.2, -0.15) is 0 Å². The van der Waals surface area contributed by atoms with E-state index >= 15 is 0 Å². The molecule has 1 aliphatic rings. The fraction of sp³-hybridized carbons (Fsp3) is 1.00. The molecule has 0 aromatic heterocycles. The summed E-state index contributed by atoms with van der Waals surface area (Å²) >= 11 is 0. The summed E-state index contributed by atoms with van der Waals surface area (Å²) in [5.41, 5.74) is 0. The summed E-state index contributed by atoms with van der Waals surface area (Å²) in [6.45, 7) is 1.85. The highest BCUT2D eigenvalue weighted by molar-refractivity contribution is 4.70. The summed E-state index contributed by atoms with van der Waals surface area (Å²) < 4.78 is 17.1. The molecule has 1 saturated heterocycles. The van der Waals surface area contributed by atoms with Crippen molar-refractivity contribution >= 4 is 0 Å². The van der Waals surface area contributed by atoms with Crippen molar-refractivity contribution in [2.75, 3.05) is 33.5 Å². The predicted octanol–water partition coefficient (Wildman–Crippen LogP) is 0.286. The number of likely N-dealkylation sites (N-methyl/N-ethyl adjacent to an activating group) is 1. The first kappa shape index (κ1) is 6.96. The van der Waals surface area contributed by atoms with Crippen molar-refractivity contribution in [3.8, 4) is 0 Å². The average molecular weight is 133 g/mol. The van der Waals surface area contributed by atoms with Crippen molar-refractivity contribution in [1.82, 2.24) is 4.90 Å². The molecule has 0 radical (unpaired) electrons. The van der Waals surface area contributed by atoms with E-state index in [2.05, 4.69) is 0 Å². The van der Waals surface area contributed by atoms with Crippen molar-refractivity contribution in [3.05, 3.63) is 0 Å². The van der Waals surface area contributed by atoms with Crippen LogP contribution < -0.4 is 0 Å². The Balaban J connectivity index is 2.30. The van der Waals surface area contributed by atoms with Gasteiger partial charge in [0.05, 0.1) is 19.3 Å². The van der Waals surface area contributed by atoms with Gasteiger partial charge >= 0.3 is 0 Å². The minimum Gasteiger partial charge on any atom is -0.378 e. The van der Waals surface area contributed by atoms with Crippen LogP contribution in [0.4, 0.5) is 4.39 Å². The molecule has 9 heavy (non-hydrogen) atoms. The molecule has 1 heterocycles. The number of morpholine rings is 1. The highest BCUT2D eigenvalue weighted by Crippen LogP contribution is 2.03. The van der Waals surface area contributed by atoms with Crippen molar-refractivity contribution in [3.63, 3.8) is 0 Å². The van der Waals surface area contributed by atoms with E-state index in [4.69, 9.17) is 4.74 Å². The van der Waals surface area contributed by atoms with E-state index in [1.807, 2.05) is 11.9 Å². The molecule has 0 bridgehead atoms. The molecule has 0 saturated carbocycles. The minimum atomic E-state index is -0.295. The van der Waals surface area contributed by atoms with E-state index in [0.717, 1.165) is 13.2 Å². The topological polar surface area (TPSA) is 12.5 Å². The predicted molar refractivity (Wildman–Crippen MR) is 33.2 cm³/mol. The van der Waals surface area contributed by atoms with Crippen LogP contribution in [-0.4, -0.2) is 44.4 Å². The Morgan fingerprint density at radius 2 is 2.56 bits per heavy atom. The highest BCUT2D eigenvalue weighted by Gasteiger charge is 2.18. The Morgan fingerprint density at radius 1 is 1.78 bits per heavy atom. The van der Waals surface area contributed by atoms with Gasteiger partial charge in [0.2, 0.25) is 0 Å². The summed E-state index contributed by atoms with van der Waals surface area (Å²) in [5.74, 6) is 0. The SMILES string of the molecule is CN1CCOC[C@H]1CF. The van der Waals surface area contributed by atoms with Crippen LogP contribution in [0.2, 0.25) is 0 Å². The van der Waals surface area contributed by atoms with Gasteiger partial charge in [-0.3, -0.25) is 4.90 Å². The molecule has 0 aromatic rings. The highest BCUT2D eigenvalue weighted by atomic mass is 19.1. The van der Waals surface area contributed by atoms with Crippen LogP contribution in [0.25, 0.3) is 0 Å². The Bertz CT molecular complexity index is 89.1. The summed E-state index contributed by atoms with van der Waals surface area (Å²) in [7, 11) is 1.92. The molecule has 0 spiro atoms. The van der Waals surface area contributed by atoms with E-state index < -0.39 is 0 Å². The van der Waals surface area contributed by atoms with Crippen LogP contribution in [0, 0.1) is 0 Å². The lowest BCUT2D eigenvalue weighted by atomic mass is 10.3. The molecule has 1 rings (SSSR count). The lowest BCUT2D eigenvalue weighted by Crippen LogP contribution is -2.43. The molecular formula is C6H12FNO. The summed E-state index contributed by atoms with van der Waals surface area (Å²) in [5, 5.41) is 0. The minimum absolute atomic E-state index is 0.00116. The van der Waals surface area contributed by atoms with Gasteiger partial charge in [-0.05, 0) is 7.05 Å². The van der Waals surface area contributed by atoms with Gasteiger partial charge in [0, 0.05) is 6.54 Å². The van der Waals surface area contributed by atoms with Crippen LogP contribution in [-0.2, 0) is 4.74 Å². The smallest absolute Gasteiger partial charge is 0.107 e. The Kier molecular flexibility index (Phi) is 2.42. The largest absolute Gasteiger partial charge is 0.378 e. The lowest BCUT2D eigenvalue weighted by Gasteiger charge is -2.29.